The molecule has 2 heterocycles. The van der Waals surface area contributed by atoms with Gasteiger partial charge in [0, 0.05) is 24.8 Å². The molecular formula is C25H21F3N4O3. The minimum absolute atomic E-state index is 0.0888. The number of para-hydroxylation sites is 1. The molecule has 1 fully saturated rings. The second-order valence-corrected chi connectivity index (χ2v) is 8.63. The molecule has 5 rings (SSSR count). The third-order valence-electron chi connectivity index (χ3n) is 6.01. The van der Waals surface area contributed by atoms with Crippen molar-refractivity contribution in [3.05, 3.63) is 97.4 Å². The Bertz CT molecular complexity index is 1600. The predicted octanol–water partition coefficient (Wildman–Crippen LogP) is 4.03. The van der Waals surface area contributed by atoms with Crippen LogP contribution in [0.2, 0.25) is 0 Å². The van der Waals surface area contributed by atoms with E-state index in [9.17, 15) is 27.6 Å². The molecule has 1 N–H and O–H groups in total. The van der Waals surface area contributed by atoms with Crippen molar-refractivity contribution in [2.75, 3.05) is 5.32 Å². The molecule has 4 aromatic rings. The normalized spacial score (nSPS) is 13.8. The number of rotatable bonds is 5. The summed E-state index contributed by atoms with van der Waals surface area (Å²) in [5.74, 6) is 0. The van der Waals surface area contributed by atoms with Crippen molar-refractivity contribution >= 4 is 22.4 Å². The summed E-state index contributed by atoms with van der Waals surface area (Å²) in [7, 11) is 1.49. The van der Waals surface area contributed by atoms with Gasteiger partial charge in [-0.3, -0.25) is 18.7 Å². The van der Waals surface area contributed by atoms with E-state index in [-0.39, 0.29) is 28.3 Å². The zero-order valence-electron chi connectivity index (χ0n) is 18.7. The second kappa shape index (κ2) is 8.30. The summed E-state index contributed by atoms with van der Waals surface area (Å²) in [6.45, 7) is 0. The van der Waals surface area contributed by atoms with Crippen LogP contribution >= 0.6 is 0 Å². The van der Waals surface area contributed by atoms with Crippen molar-refractivity contribution < 1.29 is 13.2 Å². The van der Waals surface area contributed by atoms with E-state index >= 15 is 0 Å². The van der Waals surface area contributed by atoms with Gasteiger partial charge in [-0.15, -0.1) is 0 Å². The lowest BCUT2D eigenvalue weighted by atomic mass is 10.1. The molecule has 1 aliphatic carbocycles. The zero-order chi connectivity index (χ0) is 24.9. The fourth-order valence-electron chi connectivity index (χ4n) is 4.22. The van der Waals surface area contributed by atoms with Gasteiger partial charge in [0.1, 0.15) is 11.0 Å². The number of anilines is 2. The van der Waals surface area contributed by atoms with Gasteiger partial charge in [0.2, 0.25) is 0 Å². The number of halogens is 3. The quantitative estimate of drug-likeness (QED) is 0.466. The van der Waals surface area contributed by atoms with Gasteiger partial charge in [-0.2, -0.15) is 13.2 Å². The van der Waals surface area contributed by atoms with Crippen molar-refractivity contribution in [2.24, 2.45) is 7.05 Å². The number of benzene rings is 2. The summed E-state index contributed by atoms with van der Waals surface area (Å²) in [4.78, 5) is 39.9. The lowest BCUT2D eigenvalue weighted by Gasteiger charge is -2.19. The highest BCUT2D eigenvalue weighted by Crippen LogP contribution is 2.33. The molecule has 2 aromatic carbocycles. The maximum absolute atomic E-state index is 13.6. The van der Waals surface area contributed by atoms with Crippen LogP contribution in [-0.4, -0.2) is 19.9 Å². The molecule has 0 bridgehead atoms. The third-order valence-corrected chi connectivity index (χ3v) is 6.01. The molecular weight excluding hydrogens is 461 g/mol. The van der Waals surface area contributed by atoms with Crippen LogP contribution in [-0.2, 0) is 13.5 Å². The number of hydrogen-bond acceptors (Lipinski definition) is 4. The van der Waals surface area contributed by atoms with E-state index < -0.39 is 29.4 Å². The predicted molar refractivity (Wildman–Crippen MR) is 127 cm³/mol. The van der Waals surface area contributed by atoms with E-state index in [1.807, 2.05) is 0 Å². The Morgan fingerprint density at radius 2 is 1.63 bits per heavy atom. The number of aryl methyl sites for hydroxylation is 1. The number of hydrogen-bond donors (Lipinski definition) is 1. The molecule has 2 aromatic heterocycles. The van der Waals surface area contributed by atoms with Crippen molar-refractivity contribution in [2.45, 2.75) is 31.5 Å². The fraction of sp³-hybridized carbons (Fsp3) is 0.240. The number of nitrogens with zero attached hydrogens (tertiary/aromatic N) is 3. The van der Waals surface area contributed by atoms with E-state index in [0.717, 1.165) is 0 Å². The van der Waals surface area contributed by atoms with Crippen LogP contribution in [0.5, 0.6) is 0 Å². The van der Waals surface area contributed by atoms with Crippen LogP contribution < -0.4 is 22.1 Å². The van der Waals surface area contributed by atoms with Gasteiger partial charge >= 0.3 is 11.9 Å². The van der Waals surface area contributed by atoms with E-state index in [4.69, 9.17) is 0 Å². The number of nitrogens with one attached hydrogen (secondary N) is 1. The van der Waals surface area contributed by atoms with Crippen LogP contribution in [0.25, 0.3) is 16.7 Å². The summed E-state index contributed by atoms with van der Waals surface area (Å²) in [5.41, 5.74) is -0.207. The summed E-state index contributed by atoms with van der Waals surface area (Å²) in [6.07, 6.45) is -3.99. The average Bonchev–Trinajstić information content (AvgIpc) is 3.63. The minimum atomic E-state index is -4.33. The van der Waals surface area contributed by atoms with E-state index in [2.05, 4.69) is 5.32 Å². The standard InChI is InChI=1S/C25H21F3N4O3/c1-30-20(33)13-19(29-16-9-7-15(8-10-16)14-25(26,27)28)21-22(30)31(17-5-3-2-4-6-17)24(35)32(23(21)34)18-11-12-18/h2-10,13,18,29H,11-12,14H2,1H3. The maximum Gasteiger partial charge on any atom is 0.393 e. The summed E-state index contributed by atoms with van der Waals surface area (Å²) in [5, 5.41) is 3.15. The Hall–Kier alpha value is -4.08. The first-order chi connectivity index (χ1) is 16.6. The van der Waals surface area contributed by atoms with Crippen molar-refractivity contribution in [1.82, 2.24) is 13.7 Å². The van der Waals surface area contributed by atoms with E-state index in [1.54, 1.807) is 30.3 Å². The van der Waals surface area contributed by atoms with Crippen LogP contribution in [0.4, 0.5) is 24.5 Å². The molecule has 35 heavy (non-hydrogen) atoms. The monoisotopic (exact) mass is 482 g/mol. The van der Waals surface area contributed by atoms with Crippen molar-refractivity contribution in [1.29, 1.82) is 0 Å². The fourth-order valence-corrected chi connectivity index (χ4v) is 4.22. The second-order valence-electron chi connectivity index (χ2n) is 8.63. The number of aromatic nitrogens is 3. The minimum Gasteiger partial charge on any atom is -0.355 e. The SMILES string of the molecule is Cn1c(=O)cc(Nc2ccc(CC(F)(F)F)cc2)c2c(=O)n(C3CC3)c(=O)n(-c3ccccc3)c21. The third kappa shape index (κ3) is 4.27. The summed E-state index contributed by atoms with van der Waals surface area (Å²) in [6, 6.07) is 15.3. The Morgan fingerprint density at radius 1 is 0.971 bits per heavy atom. The topological polar surface area (TPSA) is 78.0 Å². The van der Waals surface area contributed by atoms with E-state index in [1.165, 1.54) is 51.1 Å². The van der Waals surface area contributed by atoms with Crippen LogP contribution in [0.1, 0.15) is 24.4 Å². The molecule has 0 unspecified atom stereocenters. The largest absolute Gasteiger partial charge is 0.393 e. The van der Waals surface area contributed by atoms with Gasteiger partial charge in [0.25, 0.3) is 11.1 Å². The lowest BCUT2D eigenvalue weighted by molar-refractivity contribution is -0.127. The van der Waals surface area contributed by atoms with Gasteiger partial charge in [-0.05, 0) is 42.7 Å². The van der Waals surface area contributed by atoms with Crippen LogP contribution in [0.3, 0.4) is 0 Å². The number of fused-ring (bicyclic) bond motifs is 1. The summed E-state index contributed by atoms with van der Waals surface area (Å²) >= 11 is 0. The molecule has 7 nitrogen and oxygen atoms in total. The molecule has 0 spiro atoms. The molecule has 0 atom stereocenters. The van der Waals surface area contributed by atoms with Gasteiger partial charge in [-0.1, -0.05) is 30.3 Å². The maximum atomic E-state index is 13.6. The lowest BCUT2D eigenvalue weighted by Crippen LogP contribution is -2.41. The Kier molecular flexibility index (Phi) is 5.38. The van der Waals surface area contributed by atoms with Crippen molar-refractivity contribution in [3.8, 4) is 5.69 Å². The van der Waals surface area contributed by atoms with Crippen LogP contribution in [0.15, 0.2) is 75.0 Å². The first-order valence-corrected chi connectivity index (χ1v) is 11.0. The highest BCUT2D eigenvalue weighted by Gasteiger charge is 2.31. The molecule has 1 aliphatic rings. The zero-order valence-corrected chi connectivity index (χ0v) is 18.7. The molecule has 180 valence electrons. The molecule has 0 saturated heterocycles. The number of pyridine rings is 1. The molecule has 0 radical (unpaired) electrons. The Morgan fingerprint density at radius 3 is 2.23 bits per heavy atom. The van der Waals surface area contributed by atoms with Gasteiger partial charge < -0.3 is 5.32 Å². The van der Waals surface area contributed by atoms with E-state index in [0.29, 0.717) is 24.2 Å². The molecule has 10 heteroatoms. The molecule has 0 aliphatic heterocycles. The first kappa shape index (κ1) is 22.7. The molecule has 1 saturated carbocycles. The first-order valence-electron chi connectivity index (χ1n) is 11.0. The Labute approximate surface area is 196 Å². The Balaban J connectivity index is 1.74. The summed E-state index contributed by atoms with van der Waals surface area (Å²) < 4.78 is 41.9. The van der Waals surface area contributed by atoms with Crippen LogP contribution in [0, 0.1) is 0 Å². The average molecular weight is 482 g/mol. The molecule has 0 amide bonds. The smallest absolute Gasteiger partial charge is 0.355 e. The van der Waals surface area contributed by atoms with Gasteiger partial charge in [0.05, 0.1) is 17.8 Å². The number of alkyl halides is 3. The highest BCUT2D eigenvalue weighted by molar-refractivity contribution is 5.91. The van der Waals surface area contributed by atoms with Gasteiger partial charge in [0.15, 0.2) is 0 Å². The van der Waals surface area contributed by atoms with Gasteiger partial charge in [-0.25, -0.2) is 9.36 Å². The van der Waals surface area contributed by atoms with Crippen molar-refractivity contribution in [3.63, 3.8) is 0 Å². The highest BCUT2D eigenvalue weighted by atomic mass is 19.4.